The van der Waals surface area contributed by atoms with Gasteiger partial charge in [0.2, 0.25) is 5.91 Å². The first-order valence-corrected chi connectivity index (χ1v) is 9.91. The van der Waals surface area contributed by atoms with Gasteiger partial charge in [-0.25, -0.2) is 9.37 Å². The summed E-state index contributed by atoms with van der Waals surface area (Å²) >= 11 is 1.11. The van der Waals surface area contributed by atoms with Crippen LogP contribution in [0.3, 0.4) is 0 Å². The van der Waals surface area contributed by atoms with E-state index in [0.29, 0.717) is 17.0 Å². The van der Waals surface area contributed by atoms with Crippen molar-refractivity contribution in [3.8, 4) is 0 Å². The quantitative estimate of drug-likeness (QED) is 0.583. The number of hydrogen-bond acceptors (Lipinski definition) is 5. The van der Waals surface area contributed by atoms with Crippen molar-refractivity contribution in [3.05, 3.63) is 53.5 Å². The fourth-order valence-corrected chi connectivity index (χ4v) is 3.64. The molecule has 0 atom stereocenters. The van der Waals surface area contributed by atoms with E-state index in [0.717, 1.165) is 36.2 Å². The van der Waals surface area contributed by atoms with Gasteiger partial charge in [-0.05, 0) is 43.5 Å². The SMILES string of the molecule is CC(=O)c1ccc(SCC(=O)NCc2ccc(N3CCCC3)nc2)c(F)c1. The van der Waals surface area contributed by atoms with E-state index < -0.39 is 5.82 Å². The molecule has 3 rings (SSSR count). The van der Waals surface area contributed by atoms with E-state index in [2.05, 4.69) is 15.2 Å². The summed E-state index contributed by atoms with van der Waals surface area (Å²) < 4.78 is 14.0. The zero-order valence-corrected chi connectivity index (χ0v) is 16.0. The van der Waals surface area contributed by atoms with Crippen LogP contribution in [0.4, 0.5) is 10.2 Å². The fraction of sp³-hybridized carbons (Fsp3) is 0.350. The highest BCUT2D eigenvalue weighted by Crippen LogP contribution is 2.23. The molecule has 1 fully saturated rings. The summed E-state index contributed by atoms with van der Waals surface area (Å²) in [5.74, 6) is 0.228. The summed E-state index contributed by atoms with van der Waals surface area (Å²) in [7, 11) is 0. The summed E-state index contributed by atoms with van der Waals surface area (Å²) in [6.07, 6.45) is 4.19. The van der Waals surface area contributed by atoms with E-state index in [4.69, 9.17) is 0 Å². The Labute approximate surface area is 162 Å². The summed E-state index contributed by atoms with van der Waals surface area (Å²) in [4.78, 5) is 30.3. The Balaban J connectivity index is 1.46. The van der Waals surface area contributed by atoms with Crippen LogP contribution >= 0.6 is 11.8 Å². The van der Waals surface area contributed by atoms with Gasteiger partial charge < -0.3 is 10.2 Å². The third-order valence-electron chi connectivity index (χ3n) is 4.43. The lowest BCUT2D eigenvalue weighted by molar-refractivity contribution is -0.118. The van der Waals surface area contributed by atoms with E-state index in [9.17, 15) is 14.0 Å². The van der Waals surface area contributed by atoms with E-state index in [1.807, 2.05) is 12.1 Å². The highest BCUT2D eigenvalue weighted by Gasteiger charge is 2.13. The number of aromatic nitrogens is 1. The number of benzene rings is 1. The number of Topliss-reactive ketones (excluding diaryl/α,β-unsaturated/α-hetero) is 1. The van der Waals surface area contributed by atoms with Crippen LogP contribution in [0.15, 0.2) is 41.4 Å². The smallest absolute Gasteiger partial charge is 0.230 e. The van der Waals surface area contributed by atoms with Crippen molar-refractivity contribution in [3.63, 3.8) is 0 Å². The van der Waals surface area contributed by atoms with Gasteiger partial charge in [0, 0.05) is 36.3 Å². The number of rotatable bonds is 7. The maximum Gasteiger partial charge on any atom is 0.230 e. The predicted octanol–water partition coefficient (Wildman–Crippen LogP) is 3.43. The molecule has 0 bridgehead atoms. The molecule has 1 amide bonds. The lowest BCUT2D eigenvalue weighted by Crippen LogP contribution is -2.25. The van der Waals surface area contributed by atoms with Crippen molar-refractivity contribution in [2.75, 3.05) is 23.7 Å². The number of pyridine rings is 1. The number of hydrogen-bond donors (Lipinski definition) is 1. The predicted molar refractivity (Wildman–Crippen MR) is 105 cm³/mol. The second-order valence-corrected chi connectivity index (χ2v) is 7.50. The Bertz CT molecular complexity index is 820. The normalized spacial score (nSPS) is 13.6. The standard InChI is InChI=1S/C20H22FN3O2S/c1-14(25)16-5-6-18(17(21)10-16)27-13-20(26)23-12-15-4-7-19(22-11-15)24-8-2-3-9-24/h4-7,10-11H,2-3,8-9,12-13H2,1H3,(H,23,26). The molecule has 1 N–H and O–H groups in total. The summed E-state index contributed by atoms with van der Waals surface area (Å²) in [5.41, 5.74) is 1.25. The first-order chi connectivity index (χ1) is 13.0. The Morgan fingerprint density at radius 2 is 2.00 bits per heavy atom. The molecule has 2 aromatic rings. The van der Waals surface area contributed by atoms with Crippen molar-refractivity contribution < 1.29 is 14.0 Å². The molecule has 0 spiro atoms. The average Bonchev–Trinajstić information content (AvgIpc) is 3.20. The Morgan fingerprint density at radius 3 is 2.63 bits per heavy atom. The van der Waals surface area contributed by atoms with Crippen LogP contribution in [-0.2, 0) is 11.3 Å². The number of nitrogens with zero attached hydrogens (tertiary/aromatic N) is 2. The van der Waals surface area contributed by atoms with Crippen molar-refractivity contribution in [2.45, 2.75) is 31.2 Å². The second kappa shape index (κ2) is 8.99. The maximum absolute atomic E-state index is 14.0. The van der Waals surface area contributed by atoms with Gasteiger partial charge in [0.05, 0.1) is 5.75 Å². The molecule has 7 heteroatoms. The monoisotopic (exact) mass is 387 g/mol. The molecule has 1 saturated heterocycles. The third kappa shape index (κ3) is 5.29. The number of ketones is 1. The first kappa shape index (κ1) is 19.4. The number of amides is 1. The molecular formula is C20H22FN3O2S. The second-order valence-electron chi connectivity index (χ2n) is 6.49. The molecule has 0 aliphatic carbocycles. The average molecular weight is 387 g/mol. The van der Waals surface area contributed by atoms with E-state index in [-0.39, 0.29) is 17.4 Å². The van der Waals surface area contributed by atoms with Gasteiger partial charge in [0.25, 0.3) is 0 Å². The molecule has 5 nitrogen and oxygen atoms in total. The van der Waals surface area contributed by atoms with Crippen molar-refractivity contribution in [1.29, 1.82) is 0 Å². The minimum absolute atomic E-state index is 0.107. The van der Waals surface area contributed by atoms with Crippen LogP contribution in [0.1, 0.15) is 35.7 Å². The lowest BCUT2D eigenvalue weighted by Gasteiger charge is -2.16. The van der Waals surface area contributed by atoms with E-state index in [1.165, 1.54) is 31.9 Å². The van der Waals surface area contributed by atoms with Crippen LogP contribution in [0, 0.1) is 5.82 Å². The van der Waals surface area contributed by atoms with E-state index >= 15 is 0 Å². The Morgan fingerprint density at radius 1 is 1.22 bits per heavy atom. The molecule has 2 heterocycles. The number of carbonyl (C=O) groups excluding carboxylic acids is 2. The van der Waals surface area contributed by atoms with Crippen LogP contribution in [-0.4, -0.2) is 35.5 Å². The van der Waals surface area contributed by atoms with Gasteiger partial charge in [0.1, 0.15) is 11.6 Å². The van der Waals surface area contributed by atoms with Gasteiger partial charge in [-0.3, -0.25) is 9.59 Å². The summed E-state index contributed by atoms with van der Waals surface area (Å²) in [5, 5.41) is 2.82. The molecule has 0 unspecified atom stereocenters. The zero-order valence-electron chi connectivity index (χ0n) is 15.2. The van der Waals surface area contributed by atoms with Crippen LogP contribution in [0.2, 0.25) is 0 Å². The minimum Gasteiger partial charge on any atom is -0.357 e. The van der Waals surface area contributed by atoms with Crippen LogP contribution < -0.4 is 10.2 Å². The maximum atomic E-state index is 14.0. The van der Waals surface area contributed by atoms with Gasteiger partial charge in [0.15, 0.2) is 5.78 Å². The molecule has 1 aliphatic heterocycles. The Hall–Kier alpha value is -2.41. The van der Waals surface area contributed by atoms with Gasteiger partial charge in [-0.1, -0.05) is 12.1 Å². The highest BCUT2D eigenvalue weighted by molar-refractivity contribution is 8.00. The minimum atomic E-state index is -0.484. The number of nitrogens with one attached hydrogen (secondary N) is 1. The number of anilines is 1. The van der Waals surface area contributed by atoms with Gasteiger partial charge >= 0.3 is 0 Å². The number of halogens is 1. The molecule has 1 aromatic carbocycles. The summed E-state index contributed by atoms with van der Waals surface area (Å²) in [6, 6.07) is 8.25. The molecule has 142 valence electrons. The third-order valence-corrected chi connectivity index (χ3v) is 5.47. The van der Waals surface area contributed by atoms with Crippen molar-refractivity contribution in [1.82, 2.24) is 10.3 Å². The van der Waals surface area contributed by atoms with Crippen LogP contribution in [0.25, 0.3) is 0 Å². The topological polar surface area (TPSA) is 62.3 Å². The highest BCUT2D eigenvalue weighted by atomic mass is 32.2. The zero-order chi connectivity index (χ0) is 19.2. The Kier molecular flexibility index (Phi) is 6.45. The number of carbonyl (C=O) groups is 2. The first-order valence-electron chi connectivity index (χ1n) is 8.93. The molecular weight excluding hydrogens is 365 g/mol. The van der Waals surface area contributed by atoms with Crippen LogP contribution in [0.5, 0.6) is 0 Å². The molecule has 27 heavy (non-hydrogen) atoms. The largest absolute Gasteiger partial charge is 0.357 e. The molecule has 0 saturated carbocycles. The van der Waals surface area contributed by atoms with Gasteiger partial charge in [-0.15, -0.1) is 11.8 Å². The van der Waals surface area contributed by atoms with Crippen molar-refractivity contribution in [2.24, 2.45) is 0 Å². The number of thioether (sulfide) groups is 1. The summed E-state index contributed by atoms with van der Waals surface area (Å²) in [6.45, 7) is 3.87. The molecule has 1 aliphatic rings. The fourth-order valence-electron chi connectivity index (χ4n) is 2.89. The molecule has 0 radical (unpaired) electrons. The lowest BCUT2D eigenvalue weighted by atomic mass is 10.1. The van der Waals surface area contributed by atoms with E-state index in [1.54, 1.807) is 12.3 Å². The van der Waals surface area contributed by atoms with Crippen molar-refractivity contribution >= 4 is 29.3 Å². The van der Waals surface area contributed by atoms with Gasteiger partial charge in [-0.2, -0.15) is 0 Å². The molecule has 1 aromatic heterocycles.